The third-order valence-electron chi connectivity index (χ3n) is 6.40. The predicted octanol–water partition coefficient (Wildman–Crippen LogP) is 5.62. The van der Waals surface area contributed by atoms with E-state index in [2.05, 4.69) is 45.6 Å². The molecule has 7 nitrogen and oxygen atoms in total. The van der Waals surface area contributed by atoms with E-state index in [0.29, 0.717) is 44.0 Å². The first-order chi connectivity index (χ1) is 18.5. The number of ether oxygens (including phenoxy) is 2. The predicted molar refractivity (Wildman–Crippen MR) is 153 cm³/mol. The Morgan fingerprint density at radius 3 is 2.37 bits per heavy atom. The molecule has 2 aromatic carbocycles. The lowest BCUT2D eigenvalue weighted by Crippen LogP contribution is -2.44. The fourth-order valence-electron chi connectivity index (χ4n) is 4.28. The number of hydrogen-bond acceptors (Lipinski definition) is 4. The number of hydrogen-bond donors (Lipinski definition) is 0. The Hall–Kier alpha value is -3.10. The Balaban J connectivity index is 1.78. The van der Waals surface area contributed by atoms with Crippen LogP contribution in [0.2, 0.25) is 0 Å². The number of rotatable bonds is 15. The molecule has 8 heteroatoms. The summed E-state index contributed by atoms with van der Waals surface area (Å²) >= 11 is 3.49. The summed E-state index contributed by atoms with van der Waals surface area (Å²) in [5.41, 5.74) is 2.69. The second kappa shape index (κ2) is 15.3. The van der Waals surface area contributed by atoms with Crippen molar-refractivity contribution in [1.29, 1.82) is 0 Å². The molecule has 0 saturated carbocycles. The molecular weight excluding hydrogens is 546 g/mol. The quantitative estimate of drug-likeness (QED) is 0.218. The number of carbonyl (C=O) groups is 2. The summed E-state index contributed by atoms with van der Waals surface area (Å²) in [6.45, 7) is 4.87. The maximum atomic E-state index is 13.7. The van der Waals surface area contributed by atoms with Crippen LogP contribution in [0.5, 0.6) is 5.75 Å². The van der Waals surface area contributed by atoms with Gasteiger partial charge in [0.2, 0.25) is 5.91 Å². The molecule has 0 aliphatic rings. The SMILES string of the molecule is CCCCN(Cc1cccn1Cc1ccc(Br)cc1)C(=O)CN(CCCOC)C(=O)c1ccccc1OC. The van der Waals surface area contributed by atoms with Crippen LogP contribution >= 0.6 is 15.9 Å². The minimum Gasteiger partial charge on any atom is -0.496 e. The molecule has 0 aliphatic carbocycles. The van der Waals surface area contributed by atoms with Gasteiger partial charge in [0.15, 0.2) is 0 Å². The van der Waals surface area contributed by atoms with Gasteiger partial charge in [0.05, 0.1) is 19.2 Å². The van der Waals surface area contributed by atoms with Gasteiger partial charge in [-0.05, 0) is 54.8 Å². The van der Waals surface area contributed by atoms with Gasteiger partial charge in [-0.25, -0.2) is 0 Å². The summed E-state index contributed by atoms with van der Waals surface area (Å²) in [6.07, 6.45) is 4.54. The average molecular weight is 585 g/mol. The second-order valence-electron chi connectivity index (χ2n) is 9.20. The van der Waals surface area contributed by atoms with Crippen LogP contribution in [-0.4, -0.2) is 66.6 Å². The van der Waals surface area contributed by atoms with E-state index in [0.717, 1.165) is 29.6 Å². The molecule has 2 amide bonds. The lowest BCUT2D eigenvalue weighted by Gasteiger charge is -2.28. The van der Waals surface area contributed by atoms with Crippen molar-refractivity contribution in [3.63, 3.8) is 0 Å². The minimum absolute atomic E-state index is 0.00225. The fourth-order valence-corrected chi connectivity index (χ4v) is 4.54. The van der Waals surface area contributed by atoms with Gasteiger partial charge < -0.3 is 23.8 Å². The van der Waals surface area contributed by atoms with E-state index in [1.54, 1.807) is 37.3 Å². The van der Waals surface area contributed by atoms with Crippen molar-refractivity contribution in [2.45, 2.75) is 39.3 Å². The zero-order valence-corrected chi connectivity index (χ0v) is 24.2. The van der Waals surface area contributed by atoms with E-state index in [-0.39, 0.29) is 18.4 Å². The molecule has 0 radical (unpaired) electrons. The molecule has 0 unspecified atom stereocenters. The van der Waals surface area contributed by atoms with Crippen LogP contribution in [0.3, 0.4) is 0 Å². The van der Waals surface area contributed by atoms with Crippen LogP contribution < -0.4 is 4.74 Å². The highest BCUT2D eigenvalue weighted by atomic mass is 79.9. The number of para-hydroxylation sites is 1. The second-order valence-corrected chi connectivity index (χ2v) is 10.1. The molecule has 0 atom stereocenters. The van der Waals surface area contributed by atoms with Crippen molar-refractivity contribution < 1.29 is 19.1 Å². The first-order valence-corrected chi connectivity index (χ1v) is 13.8. The molecule has 1 aromatic heterocycles. The average Bonchev–Trinajstić information content (AvgIpc) is 3.37. The van der Waals surface area contributed by atoms with E-state index in [1.165, 1.54) is 5.56 Å². The third kappa shape index (κ3) is 8.46. The van der Waals surface area contributed by atoms with Crippen LogP contribution in [0.4, 0.5) is 0 Å². The van der Waals surface area contributed by atoms with Crippen molar-refractivity contribution >= 4 is 27.7 Å². The minimum atomic E-state index is -0.221. The van der Waals surface area contributed by atoms with Gasteiger partial charge in [-0.2, -0.15) is 0 Å². The maximum absolute atomic E-state index is 13.7. The third-order valence-corrected chi connectivity index (χ3v) is 6.93. The van der Waals surface area contributed by atoms with Gasteiger partial charge in [-0.3, -0.25) is 9.59 Å². The van der Waals surface area contributed by atoms with Crippen molar-refractivity contribution in [1.82, 2.24) is 14.4 Å². The topological polar surface area (TPSA) is 64.0 Å². The van der Waals surface area contributed by atoms with E-state index >= 15 is 0 Å². The molecule has 0 fully saturated rings. The molecule has 3 aromatic rings. The van der Waals surface area contributed by atoms with E-state index < -0.39 is 0 Å². The van der Waals surface area contributed by atoms with Gasteiger partial charge >= 0.3 is 0 Å². The molecule has 0 saturated heterocycles. The van der Waals surface area contributed by atoms with E-state index in [1.807, 2.05) is 35.4 Å². The van der Waals surface area contributed by atoms with Gasteiger partial charge in [-0.15, -0.1) is 0 Å². The number of halogens is 1. The fraction of sp³-hybridized carbons (Fsp3) is 0.400. The van der Waals surface area contributed by atoms with Gasteiger partial charge in [0.25, 0.3) is 5.91 Å². The van der Waals surface area contributed by atoms with Crippen LogP contribution in [0.1, 0.15) is 47.8 Å². The molecule has 0 spiro atoms. The zero-order valence-electron chi connectivity index (χ0n) is 22.6. The summed E-state index contributed by atoms with van der Waals surface area (Å²) < 4.78 is 13.8. The largest absolute Gasteiger partial charge is 0.496 e. The highest BCUT2D eigenvalue weighted by Crippen LogP contribution is 2.20. The molecule has 38 heavy (non-hydrogen) atoms. The standard InChI is InChI=1S/C30H38BrN3O4/c1-4-5-17-33(22-26-10-8-18-32(26)21-24-13-15-25(31)16-14-24)29(35)23-34(19-9-20-37-2)30(36)27-11-6-7-12-28(27)38-3/h6-8,10-16,18H,4-5,9,17,19-23H2,1-3H3. The lowest BCUT2D eigenvalue weighted by atomic mass is 10.1. The van der Waals surface area contributed by atoms with Crippen molar-refractivity contribution in [3.8, 4) is 5.75 Å². The Kier molecular flexibility index (Phi) is 11.9. The van der Waals surface area contributed by atoms with Gasteiger partial charge in [0.1, 0.15) is 12.3 Å². The Morgan fingerprint density at radius 1 is 0.921 bits per heavy atom. The highest BCUT2D eigenvalue weighted by Gasteiger charge is 2.24. The molecular formula is C30H38BrN3O4. The Morgan fingerprint density at radius 2 is 1.66 bits per heavy atom. The van der Waals surface area contributed by atoms with Crippen molar-refractivity contribution in [3.05, 3.63) is 88.2 Å². The smallest absolute Gasteiger partial charge is 0.258 e. The highest BCUT2D eigenvalue weighted by molar-refractivity contribution is 9.10. The van der Waals surface area contributed by atoms with Crippen LogP contribution in [0, 0.1) is 0 Å². The number of carbonyl (C=O) groups excluding carboxylic acids is 2. The number of methoxy groups -OCH3 is 2. The summed E-state index contributed by atoms with van der Waals surface area (Å²) in [5.74, 6) is 0.201. The van der Waals surface area contributed by atoms with Gasteiger partial charge in [-0.1, -0.05) is 53.5 Å². The molecule has 1 heterocycles. The number of nitrogens with zero attached hydrogens (tertiary/aromatic N) is 3. The normalized spacial score (nSPS) is 10.8. The molecule has 0 N–H and O–H groups in total. The van der Waals surface area contributed by atoms with Crippen LogP contribution in [-0.2, 0) is 22.6 Å². The summed E-state index contributed by atoms with van der Waals surface area (Å²) in [5, 5.41) is 0. The number of amides is 2. The van der Waals surface area contributed by atoms with Crippen LogP contribution in [0.15, 0.2) is 71.3 Å². The molecule has 0 aliphatic heterocycles. The molecule has 0 bridgehead atoms. The van der Waals surface area contributed by atoms with Gasteiger partial charge in [0, 0.05) is 49.7 Å². The summed E-state index contributed by atoms with van der Waals surface area (Å²) in [4.78, 5) is 30.7. The Labute approximate surface area is 234 Å². The Bertz CT molecular complexity index is 1160. The first-order valence-electron chi connectivity index (χ1n) is 13.0. The lowest BCUT2D eigenvalue weighted by molar-refractivity contribution is -0.132. The number of unbranched alkanes of at least 4 members (excludes halogenated alkanes) is 1. The zero-order chi connectivity index (χ0) is 27.3. The number of aromatic nitrogens is 1. The summed E-state index contributed by atoms with van der Waals surface area (Å²) in [7, 11) is 3.18. The van der Waals surface area contributed by atoms with Crippen molar-refractivity contribution in [2.24, 2.45) is 0 Å². The molecule has 3 rings (SSSR count). The summed E-state index contributed by atoms with van der Waals surface area (Å²) in [6, 6.07) is 19.4. The first kappa shape index (κ1) is 29.5. The van der Waals surface area contributed by atoms with Crippen molar-refractivity contribution in [2.75, 3.05) is 40.5 Å². The van der Waals surface area contributed by atoms with Crippen LogP contribution in [0.25, 0.3) is 0 Å². The molecule has 204 valence electrons. The van der Waals surface area contributed by atoms with E-state index in [4.69, 9.17) is 9.47 Å². The maximum Gasteiger partial charge on any atom is 0.258 e. The monoisotopic (exact) mass is 583 g/mol. The van der Waals surface area contributed by atoms with E-state index in [9.17, 15) is 9.59 Å². The number of benzene rings is 2.